The molecule has 4 nitrogen and oxygen atoms in total. The van der Waals surface area contributed by atoms with Gasteiger partial charge in [-0.05, 0) is 47.9 Å². The van der Waals surface area contributed by atoms with Crippen molar-refractivity contribution in [1.29, 1.82) is 0 Å². The van der Waals surface area contributed by atoms with Gasteiger partial charge in [-0.25, -0.2) is 4.39 Å². The largest absolute Gasteiger partial charge is 0.459 e. The predicted molar refractivity (Wildman–Crippen MR) is 98.2 cm³/mol. The van der Waals surface area contributed by atoms with Gasteiger partial charge in [-0.1, -0.05) is 26.0 Å². The molecule has 0 saturated heterocycles. The van der Waals surface area contributed by atoms with Crippen molar-refractivity contribution in [1.82, 2.24) is 9.47 Å². The van der Waals surface area contributed by atoms with Crippen molar-refractivity contribution in [3.05, 3.63) is 83.8 Å². The van der Waals surface area contributed by atoms with Crippen LogP contribution < -0.4 is 0 Å². The molecule has 1 aromatic carbocycles. The summed E-state index contributed by atoms with van der Waals surface area (Å²) in [6.07, 6.45) is 3.46. The maximum atomic E-state index is 13.4. The smallest absolute Gasteiger partial charge is 0.289 e. The molecule has 136 valence electrons. The highest BCUT2D eigenvalue weighted by Crippen LogP contribution is 2.15. The zero-order chi connectivity index (χ0) is 18.5. The minimum Gasteiger partial charge on any atom is -0.459 e. The number of hydrogen-bond acceptors (Lipinski definition) is 2. The Labute approximate surface area is 152 Å². The van der Waals surface area contributed by atoms with Crippen molar-refractivity contribution in [2.75, 3.05) is 6.54 Å². The highest BCUT2D eigenvalue weighted by molar-refractivity contribution is 5.91. The van der Waals surface area contributed by atoms with Gasteiger partial charge in [-0.2, -0.15) is 0 Å². The number of nitrogens with zero attached hydrogens (tertiary/aromatic N) is 2. The molecule has 0 unspecified atom stereocenters. The first kappa shape index (κ1) is 18.0. The quantitative estimate of drug-likeness (QED) is 0.623. The Kier molecular flexibility index (Phi) is 5.56. The van der Waals surface area contributed by atoms with E-state index in [1.165, 1.54) is 18.4 Å². The van der Waals surface area contributed by atoms with Gasteiger partial charge in [-0.15, -0.1) is 0 Å². The molecule has 0 aliphatic heterocycles. The van der Waals surface area contributed by atoms with Crippen LogP contribution in [0.2, 0.25) is 0 Å². The molecule has 0 saturated carbocycles. The van der Waals surface area contributed by atoms with Crippen LogP contribution in [0.25, 0.3) is 0 Å². The Morgan fingerprint density at radius 1 is 1.19 bits per heavy atom. The maximum absolute atomic E-state index is 13.4. The summed E-state index contributed by atoms with van der Waals surface area (Å²) in [5.41, 5.74) is 1.88. The third kappa shape index (κ3) is 4.42. The molecule has 0 aliphatic rings. The van der Waals surface area contributed by atoms with Crippen molar-refractivity contribution < 1.29 is 13.6 Å². The second-order valence-corrected chi connectivity index (χ2v) is 6.81. The minimum absolute atomic E-state index is 0.123. The fourth-order valence-corrected chi connectivity index (χ4v) is 2.99. The Hall–Kier alpha value is -2.82. The molecule has 0 fully saturated rings. The summed E-state index contributed by atoms with van der Waals surface area (Å²) in [5, 5.41) is 0. The molecule has 26 heavy (non-hydrogen) atoms. The summed E-state index contributed by atoms with van der Waals surface area (Å²) in [7, 11) is 0. The lowest BCUT2D eigenvalue weighted by Crippen LogP contribution is -2.34. The monoisotopic (exact) mass is 354 g/mol. The van der Waals surface area contributed by atoms with Crippen molar-refractivity contribution in [3.63, 3.8) is 0 Å². The molecule has 0 atom stereocenters. The lowest BCUT2D eigenvalue weighted by Gasteiger charge is -2.24. The molecular weight excluding hydrogens is 331 g/mol. The summed E-state index contributed by atoms with van der Waals surface area (Å²) in [6.45, 7) is 5.82. The third-order valence-corrected chi connectivity index (χ3v) is 4.12. The van der Waals surface area contributed by atoms with Crippen LogP contribution in [0.5, 0.6) is 0 Å². The first-order valence-corrected chi connectivity index (χ1v) is 8.74. The van der Waals surface area contributed by atoms with Crippen LogP contribution in [-0.2, 0) is 13.1 Å². The van der Waals surface area contributed by atoms with Crippen LogP contribution in [0.3, 0.4) is 0 Å². The average Bonchev–Trinajstić information content (AvgIpc) is 3.26. The number of aromatic nitrogens is 1. The second kappa shape index (κ2) is 8.04. The van der Waals surface area contributed by atoms with Crippen LogP contribution in [0.1, 0.15) is 35.7 Å². The van der Waals surface area contributed by atoms with Crippen molar-refractivity contribution in [2.24, 2.45) is 5.92 Å². The molecule has 0 N–H and O–H groups in total. The zero-order valence-corrected chi connectivity index (χ0v) is 15.1. The standard InChI is InChI=1S/C21H23FN2O2/c1-16(2)13-24(21(25)20-9-5-11-26-20)15-19-8-4-10-23(19)14-17-6-3-7-18(22)12-17/h3-12,16H,13-15H2,1-2H3. The van der Waals surface area contributed by atoms with Crippen LogP contribution in [0.15, 0.2) is 65.4 Å². The summed E-state index contributed by atoms with van der Waals surface area (Å²) in [5.74, 6) is 0.308. The van der Waals surface area contributed by atoms with Crippen molar-refractivity contribution >= 4 is 5.91 Å². The molecular formula is C21H23FN2O2. The highest BCUT2D eigenvalue weighted by Gasteiger charge is 2.20. The van der Waals surface area contributed by atoms with Crippen LogP contribution in [0.4, 0.5) is 4.39 Å². The molecule has 5 heteroatoms. The van der Waals surface area contributed by atoms with Crippen molar-refractivity contribution in [3.8, 4) is 0 Å². The van der Waals surface area contributed by atoms with Crippen LogP contribution >= 0.6 is 0 Å². The number of furan rings is 1. The molecule has 0 spiro atoms. The van der Waals surface area contributed by atoms with E-state index in [2.05, 4.69) is 13.8 Å². The Balaban J connectivity index is 1.79. The van der Waals surface area contributed by atoms with E-state index < -0.39 is 0 Å². The molecule has 0 radical (unpaired) electrons. The Morgan fingerprint density at radius 3 is 2.73 bits per heavy atom. The van der Waals surface area contributed by atoms with Gasteiger partial charge in [0.25, 0.3) is 5.91 Å². The molecule has 2 aromatic heterocycles. The molecule has 2 heterocycles. The average molecular weight is 354 g/mol. The normalized spacial score (nSPS) is 11.1. The fourth-order valence-electron chi connectivity index (χ4n) is 2.99. The first-order valence-electron chi connectivity index (χ1n) is 8.74. The Morgan fingerprint density at radius 2 is 2.04 bits per heavy atom. The van der Waals surface area contributed by atoms with Gasteiger partial charge in [0.2, 0.25) is 0 Å². The molecule has 3 aromatic rings. The lowest BCUT2D eigenvalue weighted by molar-refractivity contribution is 0.0686. The summed E-state index contributed by atoms with van der Waals surface area (Å²) < 4.78 is 20.8. The first-order chi connectivity index (χ1) is 12.5. The van der Waals surface area contributed by atoms with E-state index in [9.17, 15) is 9.18 Å². The van der Waals surface area contributed by atoms with Gasteiger partial charge in [-0.3, -0.25) is 4.79 Å². The maximum Gasteiger partial charge on any atom is 0.289 e. The molecule has 3 rings (SSSR count). The molecule has 0 bridgehead atoms. The van der Waals surface area contributed by atoms with E-state index >= 15 is 0 Å². The predicted octanol–water partition coefficient (Wildman–Crippen LogP) is 4.57. The summed E-state index contributed by atoms with van der Waals surface area (Å²) >= 11 is 0. The minimum atomic E-state index is -0.245. The van der Waals surface area contributed by atoms with Gasteiger partial charge in [0.1, 0.15) is 5.82 Å². The van der Waals surface area contributed by atoms with Gasteiger partial charge in [0.15, 0.2) is 5.76 Å². The van der Waals surface area contributed by atoms with Crippen LogP contribution in [-0.4, -0.2) is 21.9 Å². The van der Waals surface area contributed by atoms with Crippen LogP contribution in [0, 0.1) is 11.7 Å². The van der Waals surface area contributed by atoms with Gasteiger partial charge in [0, 0.05) is 25.0 Å². The number of carbonyl (C=O) groups is 1. The van der Waals surface area contributed by atoms with E-state index in [4.69, 9.17) is 4.42 Å². The SMILES string of the molecule is CC(C)CN(Cc1cccn1Cc1cccc(F)c1)C(=O)c1ccco1. The number of halogens is 1. The molecule has 0 aliphatic carbocycles. The van der Waals surface area contributed by atoms with Gasteiger partial charge < -0.3 is 13.9 Å². The van der Waals surface area contributed by atoms with E-state index in [1.54, 1.807) is 23.1 Å². The number of amides is 1. The highest BCUT2D eigenvalue weighted by atomic mass is 19.1. The number of carbonyl (C=O) groups excluding carboxylic acids is 1. The summed E-state index contributed by atoms with van der Waals surface area (Å²) in [4.78, 5) is 14.5. The summed E-state index contributed by atoms with van der Waals surface area (Å²) in [6, 6.07) is 13.9. The molecule has 1 amide bonds. The number of benzene rings is 1. The Bertz CT molecular complexity index is 853. The van der Waals surface area contributed by atoms with Crippen molar-refractivity contribution in [2.45, 2.75) is 26.9 Å². The van der Waals surface area contributed by atoms with E-state index in [0.29, 0.717) is 31.3 Å². The third-order valence-electron chi connectivity index (χ3n) is 4.12. The van der Waals surface area contributed by atoms with Gasteiger partial charge >= 0.3 is 0 Å². The van der Waals surface area contributed by atoms with Gasteiger partial charge in [0.05, 0.1) is 12.8 Å². The topological polar surface area (TPSA) is 38.4 Å². The number of hydrogen-bond donors (Lipinski definition) is 0. The van der Waals surface area contributed by atoms with E-state index in [0.717, 1.165) is 11.3 Å². The second-order valence-electron chi connectivity index (χ2n) is 6.81. The lowest BCUT2D eigenvalue weighted by atomic mass is 10.2. The fraction of sp³-hybridized carbons (Fsp3) is 0.286. The van der Waals surface area contributed by atoms with E-state index in [1.807, 2.05) is 29.0 Å². The number of rotatable bonds is 7. The zero-order valence-electron chi connectivity index (χ0n) is 15.1. The van der Waals surface area contributed by atoms with E-state index in [-0.39, 0.29) is 11.7 Å².